The highest BCUT2D eigenvalue weighted by Crippen LogP contribution is 2.28. The lowest BCUT2D eigenvalue weighted by Gasteiger charge is -2.25. The van der Waals surface area contributed by atoms with E-state index in [1.54, 1.807) is 7.11 Å². The van der Waals surface area contributed by atoms with E-state index in [1.807, 2.05) is 18.2 Å². The van der Waals surface area contributed by atoms with Crippen molar-refractivity contribution in [1.29, 1.82) is 0 Å². The summed E-state index contributed by atoms with van der Waals surface area (Å²) in [4.78, 5) is 13.6. The standard InChI is InChI=1S/C20H23NO2/c1-23-15-19-8-5-11-21(19)13-18-12-16(14-22)9-10-20(18)17-6-3-2-4-7-17/h2-4,6-7,9-10,12,14,19H,5,8,11,13,15H2,1H3/t19-/m0/s1. The summed E-state index contributed by atoms with van der Waals surface area (Å²) in [6.07, 6.45) is 3.32. The number of aldehydes is 1. The van der Waals surface area contributed by atoms with Crippen molar-refractivity contribution in [3.63, 3.8) is 0 Å². The summed E-state index contributed by atoms with van der Waals surface area (Å²) in [5, 5.41) is 0. The highest BCUT2D eigenvalue weighted by Gasteiger charge is 2.25. The first-order chi connectivity index (χ1) is 11.3. The van der Waals surface area contributed by atoms with Gasteiger partial charge in [-0.05, 0) is 42.1 Å². The predicted molar refractivity (Wildman–Crippen MR) is 92.6 cm³/mol. The van der Waals surface area contributed by atoms with Crippen molar-refractivity contribution in [2.24, 2.45) is 0 Å². The molecule has 3 rings (SSSR count). The summed E-state index contributed by atoms with van der Waals surface area (Å²) in [7, 11) is 1.76. The Morgan fingerprint density at radius 1 is 1.22 bits per heavy atom. The minimum Gasteiger partial charge on any atom is -0.383 e. The number of rotatable bonds is 6. The van der Waals surface area contributed by atoms with Crippen molar-refractivity contribution in [3.05, 3.63) is 59.7 Å². The van der Waals surface area contributed by atoms with Gasteiger partial charge < -0.3 is 4.74 Å². The molecule has 3 heteroatoms. The fraction of sp³-hybridized carbons (Fsp3) is 0.350. The van der Waals surface area contributed by atoms with E-state index >= 15 is 0 Å². The Kier molecular flexibility index (Phi) is 5.21. The summed E-state index contributed by atoms with van der Waals surface area (Å²) in [5.74, 6) is 0. The van der Waals surface area contributed by atoms with Crippen LogP contribution in [0.25, 0.3) is 11.1 Å². The maximum absolute atomic E-state index is 11.2. The number of hydrogen-bond donors (Lipinski definition) is 0. The van der Waals surface area contributed by atoms with Gasteiger partial charge in [0.15, 0.2) is 0 Å². The number of likely N-dealkylation sites (tertiary alicyclic amines) is 1. The summed E-state index contributed by atoms with van der Waals surface area (Å²) < 4.78 is 5.36. The second-order valence-corrected chi connectivity index (χ2v) is 6.12. The quantitative estimate of drug-likeness (QED) is 0.761. The first-order valence-electron chi connectivity index (χ1n) is 8.18. The van der Waals surface area contributed by atoms with E-state index in [9.17, 15) is 4.79 Å². The second-order valence-electron chi connectivity index (χ2n) is 6.12. The number of methoxy groups -OCH3 is 1. The van der Waals surface area contributed by atoms with Crippen LogP contribution in [0.3, 0.4) is 0 Å². The normalized spacial score (nSPS) is 18.2. The first kappa shape index (κ1) is 15.9. The van der Waals surface area contributed by atoms with Gasteiger partial charge in [0.25, 0.3) is 0 Å². The van der Waals surface area contributed by atoms with Crippen LogP contribution in [-0.4, -0.2) is 37.5 Å². The van der Waals surface area contributed by atoms with Gasteiger partial charge in [0, 0.05) is 25.3 Å². The van der Waals surface area contributed by atoms with Crippen LogP contribution in [0.2, 0.25) is 0 Å². The van der Waals surface area contributed by atoms with E-state index < -0.39 is 0 Å². The van der Waals surface area contributed by atoms with E-state index in [0.717, 1.165) is 31.5 Å². The topological polar surface area (TPSA) is 29.5 Å². The third-order valence-corrected chi connectivity index (χ3v) is 4.58. The van der Waals surface area contributed by atoms with E-state index in [1.165, 1.54) is 29.5 Å². The Bertz CT molecular complexity index is 654. The van der Waals surface area contributed by atoms with Crippen LogP contribution in [-0.2, 0) is 11.3 Å². The number of hydrogen-bond acceptors (Lipinski definition) is 3. The van der Waals surface area contributed by atoms with Gasteiger partial charge in [-0.2, -0.15) is 0 Å². The lowest BCUT2D eigenvalue weighted by molar-refractivity contribution is 0.111. The minimum absolute atomic E-state index is 0.475. The van der Waals surface area contributed by atoms with E-state index in [0.29, 0.717) is 6.04 Å². The van der Waals surface area contributed by atoms with Crippen molar-refractivity contribution in [3.8, 4) is 11.1 Å². The van der Waals surface area contributed by atoms with Crippen molar-refractivity contribution < 1.29 is 9.53 Å². The van der Waals surface area contributed by atoms with Crippen LogP contribution in [0.5, 0.6) is 0 Å². The van der Waals surface area contributed by atoms with Gasteiger partial charge in [-0.1, -0.05) is 42.5 Å². The van der Waals surface area contributed by atoms with Crippen LogP contribution in [0, 0.1) is 0 Å². The maximum atomic E-state index is 11.2. The third-order valence-electron chi connectivity index (χ3n) is 4.58. The van der Waals surface area contributed by atoms with Crippen molar-refractivity contribution in [1.82, 2.24) is 4.90 Å². The zero-order valence-electron chi connectivity index (χ0n) is 13.6. The average molecular weight is 309 g/mol. The molecule has 0 unspecified atom stereocenters. The monoisotopic (exact) mass is 309 g/mol. The molecule has 2 aromatic rings. The molecule has 0 spiro atoms. The number of carbonyl (C=O) groups excluding carboxylic acids is 1. The van der Waals surface area contributed by atoms with Crippen LogP contribution in [0.4, 0.5) is 0 Å². The average Bonchev–Trinajstić information content (AvgIpc) is 3.03. The molecule has 1 atom stereocenters. The fourth-order valence-corrected chi connectivity index (χ4v) is 3.42. The number of ether oxygens (including phenoxy) is 1. The van der Waals surface area contributed by atoms with E-state index in [2.05, 4.69) is 35.2 Å². The molecule has 1 aliphatic heterocycles. The highest BCUT2D eigenvalue weighted by molar-refractivity contribution is 5.78. The summed E-state index contributed by atoms with van der Waals surface area (Å²) in [6.45, 7) is 2.72. The van der Waals surface area contributed by atoms with E-state index in [-0.39, 0.29) is 0 Å². The number of benzene rings is 2. The number of nitrogens with zero attached hydrogens (tertiary/aromatic N) is 1. The molecule has 23 heavy (non-hydrogen) atoms. The fourth-order valence-electron chi connectivity index (χ4n) is 3.42. The van der Waals surface area contributed by atoms with Crippen LogP contribution < -0.4 is 0 Å². The molecule has 1 heterocycles. The predicted octanol–water partition coefficient (Wildman–Crippen LogP) is 3.78. The molecule has 1 saturated heterocycles. The van der Waals surface area contributed by atoms with Crippen LogP contribution in [0.15, 0.2) is 48.5 Å². The smallest absolute Gasteiger partial charge is 0.150 e. The maximum Gasteiger partial charge on any atom is 0.150 e. The summed E-state index contributed by atoms with van der Waals surface area (Å²) in [6, 6.07) is 16.8. The molecule has 3 nitrogen and oxygen atoms in total. The summed E-state index contributed by atoms with van der Waals surface area (Å²) >= 11 is 0. The Morgan fingerprint density at radius 3 is 2.78 bits per heavy atom. The second kappa shape index (κ2) is 7.53. The molecule has 0 amide bonds. The highest BCUT2D eigenvalue weighted by atomic mass is 16.5. The van der Waals surface area contributed by atoms with Gasteiger partial charge in [-0.25, -0.2) is 0 Å². The van der Waals surface area contributed by atoms with Gasteiger partial charge in [0.2, 0.25) is 0 Å². The Morgan fingerprint density at radius 2 is 2.04 bits per heavy atom. The zero-order chi connectivity index (χ0) is 16.1. The van der Waals surface area contributed by atoms with Crippen LogP contribution in [0.1, 0.15) is 28.8 Å². The molecule has 0 N–H and O–H groups in total. The Labute approximate surface area is 137 Å². The van der Waals surface area contributed by atoms with Gasteiger partial charge >= 0.3 is 0 Å². The Hall–Kier alpha value is -1.97. The first-order valence-corrected chi connectivity index (χ1v) is 8.18. The van der Waals surface area contributed by atoms with Crippen molar-refractivity contribution in [2.45, 2.75) is 25.4 Å². The molecule has 120 valence electrons. The molecule has 0 radical (unpaired) electrons. The third kappa shape index (κ3) is 3.69. The largest absolute Gasteiger partial charge is 0.383 e. The molecule has 0 saturated carbocycles. The summed E-state index contributed by atoms with van der Waals surface area (Å²) in [5.41, 5.74) is 4.35. The molecular formula is C20H23NO2. The van der Waals surface area contributed by atoms with Crippen LogP contribution >= 0.6 is 0 Å². The van der Waals surface area contributed by atoms with E-state index in [4.69, 9.17) is 4.74 Å². The van der Waals surface area contributed by atoms with Gasteiger partial charge in [-0.15, -0.1) is 0 Å². The molecule has 0 bridgehead atoms. The van der Waals surface area contributed by atoms with Gasteiger partial charge in [0.1, 0.15) is 6.29 Å². The molecular weight excluding hydrogens is 286 g/mol. The molecule has 2 aromatic carbocycles. The lowest BCUT2D eigenvalue weighted by Crippen LogP contribution is -2.32. The lowest BCUT2D eigenvalue weighted by atomic mass is 9.97. The number of carbonyl (C=O) groups is 1. The SMILES string of the molecule is COC[C@@H]1CCCN1Cc1cc(C=O)ccc1-c1ccccc1. The molecule has 0 aromatic heterocycles. The molecule has 1 aliphatic rings. The van der Waals surface area contributed by atoms with Crippen molar-refractivity contribution in [2.75, 3.05) is 20.3 Å². The van der Waals surface area contributed by atoms with Crippen molar-refractivity contribution >= 4 is 6.29 Å². The molecule has 1 fully saturated rings. The minimum atomic E-state index is 0.475. The Balaban J connectivity index is 1.91. The molecule has 0 aliphatic carbocycles. The zero-order valence-corrected chi connectivity index (χ0v) is 13.6. The van der Waals surface area contributed by atoms with Gasteiger partial charge in [0.05, 0.1) is 6.61 Å². The van der Waals surface area contributed by atoms with Gasteiger partial charge in [-0.3, -0.25) is 9.69 Å².